The van der Waals surface area contributed by atoms with Crippen LogP contribution in [-0.2, 0) is 11.8 Å². The fraction of sp³-hybridized carbons (Fsp3) is 0.137. The molecule has 0 amide bonds. The molecule has 3 aliphatic carbocycles. The first-order valence-corrected chi connectivity index (χ1v) is 19.2. The van der Waals surface area contributed by atoms with E-state index in [9.17, 15) is 0 Å². The van der Waals surface area contributed by atoms with Crippen LogP contribution in [0.5, 0.6) is 0 Å². The maximum atomic E-state index is 2.51. The molecule has 0 aliphatic heterocycles. The average molecular weight is 698 g/mol. The van der Waals surface area contributed by atoms with Crippen molar-refractivity contribution in [3.63, 3.8) is 0 Å². The first-order chi connectivity index (χ1) is 26.6. The SMILES string of the molecule is CC1(C)c2ccccc2C2C=C(N(c3ccccc3)c3ccc(N(C4=Cc5c(n(-c6ccccc6)c6ccccc56)CC4)c4ccccc4)cc3)C=CC21. The van der Waals surface area contributed by atoms with E-state index in [1.54, 1.807) is 0 Å². The number of anilines is 4. The molecule has 0 bridgehead atoms. The maximum Gasteiger partial charge on any atom is 0.0537 e. The minimum absolute atomic E-state index is 0.0882. The Kier molecular flexibility index (Phi) is 7.76. The molecule has 0 saturated carbocycles. The number of hydrogen-bond acceptors (Lipinski definition) is 2. The van der Waals surface area contributed by atoms with E-state index < -0.39 is 0 Å². The van der Waals surface area contributed by atoms with Crippen molar-refractivity contribution in [3.05, 3.63) is 216 Å². The van der Waals surface area contributed by atoms with Crippen molar-refractivity contribution in [1.82, 2.24) is 4.57 Å². The van der Waals surface area contributed by atoms with Gasteiger partial charge in [-0.15, -0.1) is 0 Å². The highest BCUT2D eigenvalue weighted by atomic mass is 15.2. The van der Waals surface area contributed by atoms with Gasteiger partial charge in [-0.25, -0.2) is 0 Å². The van der Waals surface area contributed by atoms with Crippen LogP contribution in [0.4, 0.5) is 22.7 Å². The van der Waals surface area contributed by atoms with E-state index in [1.165, 1.54) is 50.4 Å². The third kappa shape index (κ3) is 5.26. The van der Waals surface area contributed by atoms with Gasteiger partial charge in [-0.1, -0.05) is 123 Å². The van der Waals surface area contributed by atoms with E-state index in [0.29, 0.717) is 11.8 Å². The molecule has 7 aromatic rings. The van der Waals surface area contributed by atoms with Gasteiger partial charge in [0.15, 0.2) is 0 Å². The Balaban J connectivity index is 1.06. The summed E-state index contributed by atoms with van der Waals surface area (Å²) in [5, 5.41) is 1.29. The van der Waals surface area contributed by atoms with Crippen molar-refractivity contribution in [2.45, 2.75) is 38.0 Å². The molecule has 262 valence electrons. The van der Waals surface area contributed by atoms with Gasteiger partial charge in [-0.3, -0.25) is 0 Å². The summed E-state index contributed by atoms with van der Waals surface area (Å²) in [5.74, 6) is 0.773. The van der Waals surface area contributed by atoms with Gasteiger partial charge in [0.05, 0.1) is 5.52 Å². The second-order valence-electron chi connectivity index (χ2n) is 15.4. The first-order valence-electron chi connectivity index (χ1n) is 19.2. The van der Waals surface area contributed by atoms with Crippen molar-refractivity contribution < 1.29 is 0 Å². The minimum atomic E-state index is 0.0882. The third-order valence-electron chi connectivity index (χ3n) is 12.0. The summed E-state index contributed by atoms with van der Waals surface area (Å²) in [7, 11) is 0. The Labute approximate surface area is 318 Å². The average Bonchev–Trinajstić information content (AvgIpc) is 3.68. The Morgan fingerprint density at radius 1 is 0.574 bits per heavy atom. The van der Waals surface area contributed by atoms with Crippen molar-refractivity contribution >= 4 is 39.7 Å². The number of fused-ring (bicyclic) bond motifs is 6. The van der Waals surface area contributed by atoms with E-state index in [1.807, 2.05) is 0 Å². The molecule has 3 nitrogen and oxygen atoms in total. The van der Waals surface area contributed by atoms with E-state index in [4.69, 9.17) is 0 Å². The van der Waals surface area contributed by atoms with Gasteiger partial charge in [0.1, 0.15) is 0 Å². The molecule has 3 aliphatic rings. The lowest BCUT2D eigenvalue weighted by Gasteiger charge is -2.34. The van der Waals surface area contributed by atoms with Gasteiger partial charge in [-0.2, -0.15) is 0 Å². The number of aromatic nitrogens is 1. The minimum Gasteiger partial charge on any atom is -0.314 e. The summed E-state index contributed by atoms with van der Waals surface area (Å²) in [4.78, 5) is 4.87. The maximum absolute atomic E-state index is 2.51. The molecule has 0 fully saturated rings. The molecule has 0 radical (unpaired) electrons. The quantitative estimate of drug-likeness (QED) is 0.164. The van der Waals surface area contributed by atoms with Crippen LogP contribution in [0.25, 0.3) is 22.7 Å². The molecule has 0 saturated heterocycles. The fourth-order valence-electron chi connectivity index (χ4n) is 9.43. The standard InChI is InChI=1S/C51H43N3/c1-51(2)47-24-14-12-22-43(47)45-34-41(30-32-48(45)51)52(36-16-6-3-7-17-36)39-26-28-40(29-27-39)53(37-18-8-4-9-19-37)42-31-33-50-46(35-42)44-23-13-15-25-49(44)54(50)38-20-10-5-11-21-38/h3-30,32,34-35,45,48H,31,33H2,1-2H3. The molecule has 54 heavy (non-hydrogen) atoms. The van der Waals surface area contributed by atoms with E-state index in [0.717, 1.165) is 35.6 Å². The summed E-state index contributed by atoms with van der Waals surface area (Å²) in [6.45, 7) is 4.80. The zero-order valence-electron chi connectivity index (χ0n) is 30.8. The largest absolute Gasteiger partial charge is 0.314 e. The Morgan fingerprint density at radius 3 is 1.87 bits per heavy atom. The first kappa shape index (κ1) is 32.3. The van der Waals surface area contributed by atoms with Gasteiger partial charge in [0.2, 0.25) is 0 Å². The number of rotatable bonds is 7. The summed E-state index contributed by atoms with van der Waals surface area (Å²) < 4.78 is 2.46. The topological polar surface area (TPSA) is 11.4 Å². The van der Waals surface area contributed by atoms with Crippen LogP contribution in [0.3, 0.4) is 0 Å². The highest BCUT2D eigenvalue weighted by molar-refractivity contribution is 5.94. The second kappa shape index (κ2) is 13.0. The second-order valence-corrected chi connectivity index (χ2v) is 15.4. The molecule has 2 unspecified atom stereocenters. The predicted octanol–water partition coefficient (Wildman–Crippen LogP) is 13.0. The van der Waals surface area contributed by atoms with E-state index in [-0.39, 0.29) is 5.41 Å². The molecular weight excluding hydrogens is 655 g/mol. The van der Waals surface area contributed by atoms with Crippen LogP contribution in [0, 0.1) is 5.92 Å². The summed E-state index contributed by atoms with van der Waals surface area (Å²) in [6.07, 6.45) is 11.6. The number of allylic oxidation sites excluding steroid dienone is 4. The Bertz CT molecular complexity index is 2570. The highest BCUT2D eigenvalue weighted by Crippen LogP contribution is 2.54. The lowest BCUT2D eigenvalue weighted by atomic mass is 9.74. The predicted molar refractivity (Wildman–Crippen MR) is 226 cm³/mol. The van der Waals surface area contributed by atoms with Crippen LogP contribution in [0.1, 0.15) is 48.6 Å². The van der Waals surface area contributed by atoms with E-state index >= 15 is 0 Å². The number of para-hydroxylation sites is 4. The zero-order valence-corrected chi connectivity index (χ0v) is 30.8. The molecule has 0 N–H and O–H groups in total. The van der Waals surface area contributed by atoms with Gasteiger partial charge in [-0.05, 0) is 114 Å². The van der Waals surface area contributed by atoms with E-state index in [2.05, 4.69) is 216 Å². The van der Waals surface area contributed by atoms with Gasteiger partial charge in [0.25, 0.3) is 0 Å². The third-order valence-corrected chi connectivity index (χ3v) is 12.0. The zero-order chi connectivity index (χ0) is 36.2. The molecular formula is C51H43N3. The summed E-state index contributed by atoms with van der Waals surface area (Å²) in [5.41, 5.74) is 15.3. The normalized spacial score (nSPS) is 18.0. The van der Waals surface area contributed by atoms with Crippen LogP contribution in [0.2, 0.25) is 0 Å². The van der Waals surface area contributed by atoms with Crippen molar-refractivity contribution in [3.8, 4) is 5.69 Å². The fourth-order valence-corrected chi connectivity index (χ4v) is 9.43. The molecule has 1 heterocycles. The number of benzene rings is 6. The molecule has 10 rings (SSSR count). The van der Waals surface area contributed by atoms with Gasteiger partial charge < -0.3 is 14.4 Å². The molecule has 1 aromatic heterocycles. The number of nitrogens with zero attached hydrogens (tertiary/aromatic N) is 3. The number of hydrogen-bond donors (Lipinski definition) is 0. The van der Waals surface area contributed by atoms with Gasteiger partial charge >= 0.3 is 0 Å². The van der Waals surface area contributed by atoms with Crippen LogP contribution in [0.15, 0.2) is 193 Å². The molecule has 3 heteroatoms. The Hall–Kier alpha value is -6.32. The Morgan fingerprint density at radius 2 is 1.15 bits per heavy atom. The van der Waals surface area contributed by atoms with Crippen LogP contribution >= 0.6 is 0 Å². The van der Waals surface area contributed by atoms with Crippen molar-refractivity contribution in [1.29, 1.82) is 0 Å². The van der Waals surface area contributed by atoms with Crippen LogP contribution in [-0.4, -0.2) is 4.57 Å². The van der Waals surface area contributed by atoms with Gasteiger partial charge in [0, 0.05) is 62.4 Å². The lowest BCUT2D eigenvalue weighted by molar-refractivity contribution is 0.393. The molecule has 2 atom stereocenters. The van der Waals surface area contributed by atoms with Crippen molar-refractivity contribution in [2.75, 3.05) is 9.80 Å². The summed E-state index contributed by atoms with van der Waals surface area (Å²) in [6, 6.07) is 59.5. The monoisotopic (exact) mass is 697 g/mol. The summed E-state index contributed by atoms with van der Waals surface area (Å²) >= 11 is 0. The smallest absolute Gasteiger partial charge is 0.0537 e. The molecule has 6 aromatic carbocycles. The molecule has 0 spiro atoms. The lowest BCUT2D eigenvalue weighted by Crippen LogP contribution is -2.27. The highest BCUT2D eigenvalue weighted by Gasteiger charge is 2.45. The van der Waals surface area contributed by atoms with Crippen LogP contribution < -0.4 is 9.80 Å². The van der Waals surface area contributed by atoms with Crippen molar-refractivity contribution in [2.24, 2.45) is 5.92 Å².